The first-order valence-corrected chi connectivity index (χ1v) is 8.56. The zero-order valence-electron chi connectivity index (χ0n) is 13.0. The SMILES string of the molecule is CCCCCCCCC1CCC(c2ccccc2)CO1. The maximum absolute atomic E-state index is 6.07. The fraction of sp³-hybridized carbons (Fsp3) is 0.684. The van der Waals surface area contributed by atoms with E-state index in [4.69, 9.17) is 4.74 Å². The predicted molar refractivity (Wildman–Crippen MR) is 86.2 cm³/mol. The Bertz CT molecular complexity index is 338. The van der Waals surface area contributed by atoms with Crippen LogP contribution >= 0.6 is 0 Å². The van der Waals surface area contributed by atoms with Crippen molar-refractivity contribution in [3.05, 3.63) is 35.9 Å². The number of benzene rings is 1. The van der Waals surface area contributed by atoms with Gasteiger partial charge in [0.05, 0.1) is 12.7 Å². The highest BCUT2D eigenvalue weighted by Crippen LogP contribution is 2.29. The zero-order valence-corrected chi connectivity index (χ0v) is 13.0. The van der Waals surface area contributed by atoms with Crippen molar-refractivity contribution in [1.29, 1.82) is 0 Å². The Hall–Kier alpha value is -0.820. The van der Waals surface area contributed by atoms with Crippen LogP contribution in [0.1, 0.15) is 76.2 Å². The number of hydrogen-bond donors (Lipinski definition) is 0. The van der Waals surface area contributed by atoms with Crippen molar-refractivity contribution >= 4 is 0 Å². The largest absolute Gasteiger partial charge is 0.378 e. The molecule has 2 rings (SSSR count). The monoisotopic (exact) mass is 274 g/mol. The Morgan fingerprint density at radius 1 is 0.950 bits per heavy atom. The molecule has 1 aromatic carbocycles. The molecule has 1 aliphatic heterocycles. The average Bonchev–Trinajstić information content (AvgIpc) is 2.52. The predicted octanol–water partition coefficient (Wildman–Crippen LogP) is 5.70. The minimum absolute atomic E-state index is 0.529. The highest BCUT2D eigenvalue weighted by atomic mass is 16.5. The van der Waals surface area contributed by atoms with E-state index in [1.807, 2.05) is 0 Å². The van der Waals surface area contributed by atoms with Crippen LogP contribution in [-0.4, -0.2) is 12.7 Å². The van der Waals surface area contributed by atoms with Crippen LogP contribution in [0.15, 0.2) is 30.3 Å². The first-order chi connectivity index (χ1) is 9.90. The Balaban J connectivity index is 1.58. The maximum Gasteiger partial charge on any atom is 0.0575 e. The van der Waals surface area contributed by atoms with Crippen molar-refractivity contribution in [2.24, 2.45) is 0 Å². The summed E-state index contributed by atoms with van der Waals surface area (Å²) in [5.74, 6) is 0.622. The smallest absolute Gasteiger partial charge is 0.0575 e. The molecule has 1 heterocycles. The van der Waals surface area contributed by atoms with E-state index in [2.05, 4.69) is 37.3 Å². The summed E-state index contributed by atoms with van der Waals surface area (Å²) in [6.07, 6.45) is 12.6. The lowest BCUT2D eigenvalue weighted by Gasteiger charge is -2.29. The third-order valence-electron chi connectivity index (χ3n) is 4.52. The summed E-state index contributed by atoms with van der Waals surface area (Å²) in [7, 11) is 0. The van der Waals surface area contributed by atoms with Crippen LogP contribution in [0.25, 0.3) is 0 Å². The van der Waals surface area contributed by atoms with Gasteiger partial charge < -0.3 is 4.74 Å². The molecule has 1 aliphatic rings. The van der Waals surface area contributed by atoms with Crippen LogP contribution in [-0.2, 0) is 4.74 Å². The summed E-state index contributed by atoms with van der Waals surface area (Å²) < 4.78 is 6.07. The lowest BCUT2D eigenvalue weighted by Crippen LogP contribution is -2.24. The number of hydrogen-bond acceptors (Lipinski definition) is 1. The Labute approximate surface area is 124 Å². The third-order valence-corrected chi connectivity index (χ3v) is 4.52. The van der Waals surface area contributed by atoms with Gasteiger partial charge in [0.2, 0.25) is 0 Å². The van der Waals surface area contributed by atoms with Gasteiger partial charge >= 0.3 is 0 Å². The van der Waals surface area contributed by atoms with E-state index in [1.54, 1.807) is 0 Å². The van der Waals surface area contributed by atoms with Crippen LogP contribution in [0.3, 0.4) is 0 Å². The molecule has 1 nitrogen and oxygen atoms in total. The highest BCUT2D eigenvalue weighted by Gasteiger charge is 2.22. The fourth-order valence-corrected chi connectivity index (χ4v) is 3.17. The summed E-state index contributed by atoms with van der Waals surface area (Å²) in [6.45, 7) is 3.20. The first-order valence-electron chi connectivity index (χ1n) is 8.56. The van der Waals surface area contributed by atoms with E-state index in [-0.39, 0.29) is 0 Å². The molecular weight excluding hydrogens is 244 g/mol. The van der Waals surface area contributed by atoms with Gasteiger partial charge in [-0.2, -0.15) is 0 Å². The molecule has 1 saturated heterocycles. The van der Waals surface area contributed by atoms with Crippen LogP contribution in [0, 0.1) is 0 Å². The molecule has 0 aliphatic carbocycles. The van der Waals surface area contributed by atoms with Crippen molar-refractivity contribution in [3.63, 3.8) is 0 Å². The van der Waals surface area contributed by atoms with Gasteiger partial charge in [-0.3, -0.25) is 0 Å². The van der Waals surface area contributed by atoms with E-state index >= 15 is 0 Å². The molecule has 0 bridgehead atoms. The number of rotatable bonds is 8. The lowest BCUT2D eigenvalue weighted by molar-refractivity contribution is -0.00213. The zero-order chi connectivity index (χ0) is 14.0. The summed E-state index contributed by atoms with van der Waals surface area (Å²) in [5, 5.41) is 0. The van der Waals surface area contributed by atoms with Gasteiger partial charge in [-0.15, -0.1) is 0 Å². The van der Waals surface area contributed by atoms with E-state index in [9.17, 15) is 0 Å². The summed E-state index contributed by atoms with van der Waals surface area (Å²) >= 11 is 0. The molecule has 0 aromatic heterocycles. The molecule has 1 aromatic rings. The molecule has 2 atom stereocenters. The van der Waals surface area contributed by atoms with Gasteiger partial charge in [0, 0.05) is 5.92 Å². The van der Waals surface area contributed by atoms with Gasteiger partial charge in [-0.25, -0.2) is 0 Å². The highest BCUT2D eigenvalue weighted by molar-refractivity contribution is 5.19. The molecule has 0 saturated carbocycles. The molecule has 2 unspecified atom stereocenters. The van der Waals surface area contributed by atoms with Gasteiger partial charge in [0.1, 0.15) is 0 Å². The standard InChI is InChI=1S/C19H30O/c1-2-3-4-5-6-10-13-19-15-14-18(16-20-19)17-11-8-7-9-12-17/h7-9,11-12,18-19H,2-6,10,13-16H2,1H3. The quantitative estimate of drug-likeness (QED) is 0.552. The van der Waals surface area contributed by atoms with Crippen LogP contribution in [0.5, 0.6) is 0 Å². The van der Waals surface area contributed by atoms with E-state index in [0.717, 1.165) is 6.61 Å². The Kier molecular flexibility index (Phi) is 7.14. The van der Waals surface area contributed by atoms with E-state index < -0.39 is 0 Å². The van der Waals surface area contributed by atoms with Crippen molar-refractivity contribution < 1.29 is 4.74 Å². The Morgan fingerprint density at radius 3 is 2.40 bits per heavy atom. The fourth-order valence-electron chi connectivity index (χ4n) is 3.17. The number of unbranched alkanes of at least 4 members (excludes halogenated alkanes) is 5. The molecule has 112 valence electrons. The van der Waals surface area contributed by atoms with Crippen molar-refractivity contribution in [3.8, 4) is 0 Å². The third kappa shape index (κ3) is 5.28. The summed E-state index contributed by atoms with van der Waals surface area (Å²) in [5.41, 5.74) is 1.45. The van der Waals surface area contributed by atoms with Crippen LogP contribution in [0.4, 0.5) is 0 Å². The molecule has 0 amide bonds. The molecule has 1 heteroatoms. The molecule has 0 spiro atoms. The van der Waals surface area contributed by atoms with E-state index in [1.165, 1.54) is 63.4 Å². The van der Waals surface area contributed by atoms with Gasteiger partial charge in [-0.05, 0) is 24.8 Å². The second-order valence-electron chi connectivity index (χ2n) is 6.20. The average molecular weight is 274 g/mol. The minimum Gasteiger partial charge on any atom is -0.378 e. The maximum atomic E-state index is 6.07. The van der Waals surface area contributed by atoms with Crippen LogP contribution < -0.4 is 0 Å². The molecule has 20 heavy (non-hydrogen) atoms. The second kappa shape index (κ2) is 9.18. The van der Waals surface area contributed by atoms with Crippen molar-refractivity contribution in [1.82, 2.24) is 0 Å². The summed E-state index contributed by atoms with van der Waals surface area (Å²) in [6, 6.07) is 10.8. The second-order valence-corrected chi connectivity index (χ2v) is 6.20. The molecule has 1 fully saturated rings. The van der Waals surface area contributed by atoms with Gasteiger partial charge in [0.15, 0.2) is 0 Å². The van der Waals surface area contributed by atoms with Gasteiger partial charge in [0.25, 0.3) is 0 Å². The molecule has 0 radical (unpaired) electrons. The van der Waals surface area contributed by atoms with Crippen LogP contribution in [0.2, 0.25) is 0 Å². The Morgan fingerprint density at radius 2 is 1.70 bits per heavy atom. The van der Waals surface area contributed by atoms with E-state index in [0.29, 0.717) is 12.0 Å². The van der Waals surface area contributed by atoms with Gasteiger partial charge in [-0.1, -0.05) is 75.8 Å². The first kappa shape index (κ1) is 15.6. The number of ether oxygens (including phenoxy) is 1. The van der Waals surface area contributed by atoms with Crippen molar-refractivity contribution in [2.45, 2.75) is 76.7 Å². The minimum atomic E-state index is 0.529. The lowest BCUT2D eigenvalue weighted by atomic mass is 9.90. The molecular formula is C19H30O. The normalized spacial score (nSPS) is 22.9. The van der Waals surface area contributed by atoms with Crippen molar-refractivity contribution in [2.75, 3.05) is 6.61 Å². The topological polar surface area (TPSA) is 9.23 Å². The summed E-state index contributed by atoms with van der Waals surface area (Å²) in [4.78, 5) is 0. The molecule has 0 N–H and O–H groups in total.